The van der Waals surface area contributed by atoms with Crippen molar-refractivity contribution in [2.75, 3.05) is 46.3 Å². The molecule has 0 unspecified atom stereocenters. The van der Waals surface area contributed by atoms with Crippen LogP contribution in [0.4, 0.5) is 0 Å². The molecule has 264 valence electrons. The Morgan fingerprint density at radius 1 is 0.913 bits per heavy atom. The van der Waals surface area contributed by atoms with Crippen molar-refractivity contribution < 1.29 is 19.2 Å². The SMILES string of the molecule is CCN(CC)CCCNC(=O)[C@@H]1CCCN1C(=O)C(C)=C[C@H](C(C)C)N(C)C(=O)[C@@H](NC(=O)[C@H]1CCCCN1C(C)C)C(C)(C)C. The number of carbonyl (C=O) groups is 4. The summed E-state index contributed by atoms with van der Waals surface area (Å²) in [5, 5.41) is 6.19. The highest BCUT2D eigenvalue weighted by molar-refractivity contribution is 5.97. The largest absolute Gasteiger partial charge is 0.354 e. The molecule has 2 saturated heterocycles. The monoisotopic (exact) mass is 647 g/mol. The molecule has 2 aliphatic heterocycles. The van der Waals surface area contributed by atoms with E-state index in [4.69, 9.17) is 0 Å². The van der Waals surface area contributed by atoms with E-state index >= 15 is 0 Å². The average molecular weight is 647 g/mol. The van der Waals surface area contributed by atoms with Crippen LogP contribution in [0.25, 0.3) is 0 Å². The lowest BCUT2D eigenvalue weighted by atomic mass is 9.84. The van der Waals surface area contributed by atoms with Crippen molar-refractivity contribution in [3.05, 3.63) is 11.6 Å². The maximum atomic E-state index is 14.1. The zero-order chi connectivity index (χ0) is 34.8. The Hall–Kier alpha value is -2.46. The van der Waals surface area contributed by atoms with E-state index in [-0.39, 0.29) is 47.7 Å². The summed E-state index contributed by atoms with van der Waals surface area (Å²) >= 11 is 0. The van der Waals surface area contributed by atoms with E-state index in [1.54, 1.807) is 23.8 Å². The van der Waals surface area contributed by atoms with Crippen molar-refractivity contribution in [2.24, 2.45) is 11.3 Å². The van der Waals surface area contributed by atoms with Gasteiger partial charge in [-0.25, -0.2) is 0 Å². The molecule has 10 heteroatoms. The van der Waals surface area contributed by atoms with Gasteiger partial charge in [-0.05, 0) is 90.4 Å². The molecule has 0 saturated carbocycles. The molecule has 0 bridgehead atoms. The Morgan fingerprint density at radius 2 is 1.54 bits per heavy atom. The first kappa shape index (κ1) is 39.7. The van der Waals surface area contributed by atoms with Gasteiger partial charge in [-0.1, -0.05) is 61.0 Å². The molecule has 2 fully saturated rings. The van der Waals surface area contributed by atoms with Gasteiger partial charge in [-0.2, -0.15) is 0 Å². The molecule has 4 atom stereocenters. The normalized spacial score (nSPS) is 21.1. The van der Waals surface area contributed by atoms with Gasteiger partial charge in [0, 0.05) is 31.8 Å². The second kappa shape index (κ2) is 18.2. The number of carbonyl (C=O) groups excluding carboxylic acids is 4. The van der Waals surface area contributed by atoms with Crippen LogP contribution in [0.2, 0.25) is 0 Å². The van der Waals surface area contributed by atoms with Crippen molar-refractivity contribution in [1.29, 1.82) is 0 Å². The number of rotatable bonds is 15. The van der Waals surface area contributed by atoms with Crippen LogP contribution in [0.1, 0.15) is 108 Å². The topological polar surface area (TPSA) is 105 Å². The van der Waals surface area contributed by atoms with Crippen molar-refractivity contribution in [3.8, 4) is 0 Å². The molecule has 0 aliphatic carbocycles. The van der Waals surface area contributed by atoms with Crippen molar-refractivity contribution in [2.45, 2.75) is 138 Å². The minimum Gasteiger partial charge on any atom is -0.354 e. The van der Waals surface area contributed by atoms with E-state index in [2.05, 4.69) is 48.1 Å². The third-order valence-corrected chi connectivity index (χ3v) is 9.81. The maximum Gasteiger partial charge on any atom is 0.249 e. The second-order valence-corrected chi connectivity index (χ2v) is 15.0. The molecule has 2 heterocycles. The molecule has 46 heavy (non-hydrogen) atoms. The van der Waals surface area contributed by atoms with E-state index in [9.17, 15) is 19.2 Å². The van der Waals surface area contributed by atoms with Crippen LogP contribution in [0.5, 0.6) is 0 Å². The molecule has 0 aromatic rings. The smallest absolute Gasteiger partial charge is 0.249 e. The predicted octanol–water partition coefficient (Wildman–Crippen LogP) is 4.05. The quantitative estimate of drug-likeness (QED) is 0.206. The highest BCUT2D eigenvalue weighted by Crippen LogP contribution is 2.27. The van der Waals surface area contributed by atoms with Crippen LogP contribution >= 0.6 is 0 Å². The second-order valence-electron chi connectivity index (χ2n) is 15.0. The van der Waals surface area contributed by atoms with Crippen LogP contribution < -0.4 is 10.6 Å². The van der Waals surface area contributed by atoms with Gasteiger partial charge in [0.25, 0.3) is 0 Å². The van der Waals surface area contributed by atoms with E-state index in [0.29, 0.717) is 25.1 Å². The third-order valence-electron chi connectivity index (χ3n) is 9.81. The van der Waals surface area contributed by atoms with Crippen LogP contribution in [0, 0.1) is 11.3 Å². The Bertz CT molecular complexity index is 1050. The number of nitrogens with zero attached hydrogens (tertiary/aromatic N) is 4. The lowest BCUT2D eigenvalue weighted by molar-refractivity contribution is -0.142. The summed E-state index contributed by atoms with van der Waals surface area (Å²) in [6.45, 7) is 25.2. The fourth-order valence-corrected chi connectivity index (χ4v) is 6.85. The van der Waals surface area contributed by atoms with Gasteiger partial charge in [0.1, 0.15) is 12.1 Å². The highest BCUT2D eigenvalue weighted by atomic mass is 16.2. The average Bonchev–Trinajstić information content (AvgIpc) is 3.50. The number of hydrogen-bond acceptors (Lipinski definition) is 6. The third kappa shape index (κ3) is 10.8. The van der Waals surface area contributed by atoms with Crippen LogP contribution in [0.15, 0.2) is 11.6 Å². The minimum absolute atomic E-state index is 0.0197. The van der Waals surface area contributed by atoms with Crippen LogP contribution in [-0.4, -0.2) is 120 Å². The summed E-state index contributed by atoms with van der Waals surface area (Å²) in [4.78, 5) is 62.5. The van der Waals surface area contributed by atoms with E-state index in [1.807, 2.05) is 40.7 Å². The van der Waals surface area contributed by atoms with Gasteiger partial charge in [-0.3, -0.25) is 24.1 Å². The lowest BCUT2D eigenvalue weighted by Crippen LogP contribution is -2.60. The maximum absolute atomic E-state index is 14.1. The lowest BCUT2D eigenvalue weighted by Gasteiger charge is -2.41. The number of likely N-dealkylation sites (N-methyl/N-ethyl adjacent to an activating group) is 1. The number of likely N-dealkylation sites (tertiary alicyclic amines) is 2. The number of piperidine rings is 1. The van der Waals surface area contributed by atoms with E-state index < -0.39 is 17.5 Å². The highest BCUT2D eigenvalue weighted by Gasteiger charge is 2.40. The zero-order valence-corrected chi connectivity index (χ0v) is 30.9. The van der Waals surface area contributed by atoms with Gasteiger partial charge in [-0.15, -0.1) is 0 Å². The summed E-state index contributed by atoms with van der Waals surface area (Å²) in [7, 11) is 1.76. The van der Waals surface area contributed by atoms with Gasteiger partial charge < -0.3 is 25.3 Å². The van der Waals surface area contributed by atoms with E-state index in [1.165, 1.54) is 0 Å². The molecule has 0 aromatic carbocycles. The molecular formula is C36H66N6O4. The van der Waals surface area contributed by atoms with Gasteiger partial charge in [0.2, 0.25) is 23.6 Å². The number of hydrogen-bond donors (Lipinski definition) is 2. The number of amides is 4. The number of nitrogens with one attached hydrogen (secondary N) is 2. The molecule has 0 spiro atoms. The van der Waals surface area contributed by atoms with Crippen LogP contribution in [-0.2, 0) is 19.2 Å². The molecule has 2 aliphatic rings. The first-order valence-corrected chi connectivity index (χ1v) is 17.9. The Balaban J connectivity index is 2.17. The fraction of sp³-hybridized carbons (Fsp3) is 0.833. The van der Waals surface area contributed by atoms with Crippen LogP contribution in [0.3, 0.4) is 0 Å². The summed E-state index contributed by atoms with van der Waals surface area (Å²) in [6, 6.07) is -1.57. The Kier molecular flexibility index (Phi) is 15.7. The summed E-state index contributed by atoms with van der Waals surface area (Å²) in [5.41, 5.74) is 0.00126. The summed E-state index contributed by atoms with van der Waals surface area (Å²) in [5.74, 6) is -0.510. The fourth-order valence-electron chi connectivity index (χ4n) is 6.85. The van der Waals surface area contributed by atoms with Crippen molar-refractivity contribution in [3.63, 3.8) is 0 Å². The zero-order valence-electron chi connectivity index (χ0n) is 30.9. The minimum atomic E-state index is -0.722. The molecular weight excluding hydrogens is 580 g/mol. The standard InChI is InChI=1S/C36H66N6O4/c1-12-40(13-2)21-17-20-37-32(43)28-19-16-23-42(28)34(45)27(7)24-30(25(3)4)39(11)35(46)31(36(8,9)10)38-33(44)29-18-14-15-22-41(29)26(5)6/h24-26,28-31H,12-23H2,1-11H3,(H,37,43)(H,38,44)/t28-,29+,30+,31+/m0/s1. The van der Waals surface area contributed by atoms with Crippen molar-refractivity contribution >= 4 is 23.6 Å². The first-order chi connectivity index (χ1) is 21.5. The molecule has 10 nitrogen and oxygen atoms in total. The predicted molar refractivity (Wildman–Crippen MR) is 186 cm³/mol. The molecule has 4 amide bonds. The van der Waals surface area contributed by atoms with Gasteiger partial charge in [0.15, 0.2) is 0 Å². The molecule has 2 N–H and O–H groups in total. The molecule has 0 aromatic heterocycles. The summed E-state index contributed by atoms with van der Waals surface area (Å²) < 4.78 is 0. The summed E-state index contributed by atoms with van der Waals surface area (Å²) in [6.07, 6.45) is 7.03. The Morgan fingerprint density at radius 3 is 2.11 bits per heavy atom. The molecule has 0 radical (unpaired) electrons. The van der Waals surface area contributed by atoms with Crippen molar-refractivity contribution in [1.82, 2.24) is 30.2 Å². The van der Waals surface area contributed by atoms with Gasteiger partial charge >= 0.3 is 0 Å². The Labute approximate surface area is 280 Å². The first-order valence-electron chi connectivity index (χ1n) is 17.9. The van der Waals surface area contributed by atoms with E-state index in [0.717, 1.165) is 58.3 Å². The molecule has 2 rings (SSSR count). The van der Waals surface area contributed by atoms with Gasteiger partial charge in [0.05, 0.1) is 12.1 Å².